The largest absolute Gasteiger partial charge is 0.360 e. The predicted molar refractivity (Wildman–Crippen MR) is 68.7 cm³/mol. The van der Waals surface area contributed by atoms with Crippen LogP contribution in [0.5, 0.6) is 0 Å². The van der Waals surface area contributed by atoms with E-state index in [-0.39, 0.29) is 5.82 Å². The van der Waals surface area contributed by atoms with E-state index in [4.69, 9.17) is 0 Å². The Kier molecular flexibility index (Phi) is 4.46. The van der Waals surface area contributed by atoms with Crippen LogP contribution >= 0.6 is 11.3 Å². The first kappa shape index (κ1) is 12.0. The third-order valence-corrected chi connectivity index (χ3v) is 2.96. The molecule has 3 nitrogen and oxygen atoms in total. The van der Waals surface area contributed by atoms with E-state index >= 15 is 0 Å². The molecular formula is C12H14FN3S. The number of nitrogens with zero attached hydrogens (tertiary/aromatic N) is 1. The highest BCUT2D eigenvalue weighted by atomic mass is 32.1. The van der Waals surface area contributed by atoms with Crippen LogP contribution in [-0.2, 0) is 6.54 Å². The topological polar surface area (TPSA) is 37.0 Å². The van der Waals surface area contributed by atoms with Gasteiger partial charge >= 0.3 is 0 Å². The molecule has 0 radical (unpaired) electrons. The fraction of sp³-hybridized carbons (Fsp3) is 0.250. The Morgan fingerprint density at radius 2 is 2.24 bits per heavy atom. The molecule has 2 N–H and O–H groups in total. The third-order valence-electron chi connectivity index (χ3n) is 2.23. The lowest BCUT2D eigenvalue weighted by Crippen LogP contribution is -2.21. The highest BCUT2D eigenvalue weighted by Gasteiger charge is 1.95. The monoisotopic (exact) mass is 251 g/mol. The first-order valence-corrected chi connectivity index (χ1v) is 6.31. The molecule has 0 spiro atoms. The maximum absolute atomic E-state index is 12.9. The average molecular weight is 251 g/mol. The lowest BCUT2D eigenvalue weighted by Gasteiger charge is -2.05. The summed E-state index contributed by atoms with van der Waals surface area (Å²) < 4.78 is 12.9. The number of aromatic nitrogens is 1. The number of hydrogen-bond acceptors (Lipinski definition) is 4. The number of nitrogens with one attached hydrogen (secondary N) is 2. The Bertz CT molecular complexity index is 445. The van der Waals surface area contributed by atoms with Crippen LogP contribution in [-0.4, -0.2) is 18.1 Å². The molecule has 0 aliphatic carbocycles. The van der Waals surface area contributed by atoms with Gasteiger partial charge in [-0.05, 0) is 17.7 Å². The summed E-state index contributed by atoms with van der Waals surface area (Å²) >= 11 is 1.58. The van der Waals surface area contributed by atoms with Gasteiger partial charge in [-0.15, -0.1) is 11.3 Å². The second-order valence-electron chi connectivity index (χ2n) is 3.57. The van der Waals surface area contributed by atoms with Gasteiger partial charge in [0.05, 0.1) is 0 Å². The van der Waals surface area contributed by atoms with Crippen LogP contribution in [0, 0.1) is 5.82 Å². The van der Waals surface area contributed by atoms with E-state index in [1.165, 1.54) is 6.07 Å². The number of thiazole rings is 1. The van der Waals surface area contributed by atoms with E-state index in [0.29, 0.717) is 6.54 Å². The van der Waals surface area contributed by atoms with Gasteiger partial charge in [0.2, 0.25) is 0 Å². The molecule has 0 saturated carbocycles. The zero-order valence-electron chi connectivity index (χ0n) is 9.32. The Hall–Kier alpha value is -1.46. The summed E-state index contributed by atoms with van der Waals surface area (Å²) in [6, 6.07) is 6.62. The number of benzene rings is 1. The lowest BCUT2D eigenvalue weighted by atomic mass is 10.2. The summed E-state index contributed by atoms with van der Waals surface area (Å²) in [6.07, 6.45) is 1.77. The van der Waals surface area contributed by atoms with Crippen molar-refractivity contribution in [2.45, 2.75) is 6.54 Å². The highest BCUT2D eigenvalue weighted by Crippen LogP contribution is 2.08. The van der Waals surface area contributed by atoms with Gasteiger partial charge in [-0.2, -0.15) is 0 Å². The van der Waals surface area contributed by atoms with Gasteiger partial charge in [-0.25, -0.2) is 9.37 Å². The molecule has 1 heterocycles. The first-order chi connectivity index (χ1) is 8.34. The summed E-state index contributed by atoms with van der Waals surface area (Å²) in [6.45, 7) is 2.30. The molecule has 0 bridgehead atoms. The quantitative estimate of drug-likeness (QED) is 0.774. The van der Waals surface area contributed by atoms with Gasteiger partial charge in [0.1, 0.15) is 5.82 Å². The minimum absolute atomic E-state index is 0.190. The second-order valence-corrected chi connectivity index (χ2v) is 4.47. The average Bonchev–Trinajstić information content (AvgIpc) is 2.82. The van der Waals surface area contributed by atoms with Crippen molar-refractivity contribution in [2.75, 3.05) is 18.4 Å². The van der Waals surface area contributed by atoms with Crippen LogP contribution in [0.15, 0.2) is 35.8 Å². The maximum Gasteiger partial charge on any atom is 0.182 e. The zero-order valence-corrected chi connectivity index (χ0v) is 10.1. The van der Waals surface area contributed by atoms with E-state index in [0.717, 1.165) is 23.8 Å². The number of halogens is 1. The van der Waals surface area contributed by atoms with Gasteiger partial charge in [-0.1, -0.05) is 12.1 Å². The van der Waals surface area contributed by atoms with Gasteiger partial charge < -0.3 is 10.6 Å². The van der Waals surface area contributed by atoms with Crippen LogP contribution in [0.3, 0.4) is 0 Å². The van der Waals surface area contributed by atoms with Crippen molar-refractivity contribution < 1.29 is 4.39 Å². The fourth-order valence-corrected chi connectivity index (χ4v) is 2.01. The smallest absolute Gasteiger partial charge is 0.182 e. The molecule has 0 aliphatic rings. The van der Waals surface area contributed by atoms with E-state index in [1.54, 1.807) is 29.7 Å². The molecule has 0 aliphatic heterocycles. The standard InChI is InChI=1S/C12H14FN3S/c13-11-3-1-2-10(8-11)9-14-4-5-15-12-16-6-7-17-12/h1-3,6-8,14H,4-5,9H2,(H,15,16). The molecule has 2 aromatic rings. The molecule has 5 heteroatoms. The first-order valence-electron chi connectivity index (χ1n) is 5.43. The summed E-state index contributed by atoms with van der Waals surface area (Å²) in [5, 5.41) is 9.29. The number of rotatable bonds is 6. The molecule has 0 fully saturated rings. The van der Waals surface area contributed by atoms with E-state index in [9.17, 15) is 4.39 Å². The number of hydrogen-bond donors (Lipinski definition) is 2. The van der Waals surface area contributed by atoms with Crippen LogP contribution in [0.4, 0.5) is 9.52 Å². The summed E-state index contributed by atoms with van der Waals surface area (Å²) in [5.41, 5.74) is 0.958. The van der Waals surface area contributed by atoms with Crippen molar-refractivity contribution in [3.05, 3.63) is 47.2 Å². The van der Waals surface area contributed by atoms with E-state index in [1.807, 2.05) is 11.4 Å². The lowest BCUT2D eigenvalue weighted by molar-refractivity contribution is 0.621. The molecule has 17 heavy (non-hydrogen) atoms. The molecular weight excluding hydrogens is 237 g/mol. The Morgan fingerprint density at radius 1 is 1.29 bits per heavy atom. The van der Waals surface area contributed by atoms with E-state index < -0.39 is 0 Å². The van der Waals surface area contributed by atoms with Crippen molar-refractivity contribution in [1.29, 1.82) is 0 Å². The van der Waals surface area contributed by atoms with Gasteiger partial charge in [-0.3, -0.25) is 0 Å². The van der Waals surface area contributed by atoms with Crippen LogP contribution in [0.2, 0.25) is 0 Å². The zero-order chi connectivity index (χ0) is 11.9. The van der Waals surface area contributed by atoms with Crippen molar-refractivity contribution >= 4 is 16.5 Å². The van der Waals surface area contributed by atoms with Crippen molar-refractivity contribution in [2.24, 2.45) is 0 Å². The Labute approximate surface area is 104 Å². The Morgan fingerprint density at radius 3 is 3.00 bits per heavy atom. The molecule has 2 rings (SSSR count). The molecule has 1 aromatic carbocycles. The van der Waals surface area contributed by atoms with Crippen LogP contribution in [0.1, 0.15) is 5.56 Å². The normalized spacial score (nSPS) is 10.4. The second kappa shape index (κ2) is 6.32. The minimum Gasteiger partial charge on any atom is -0.360 e. The van der Waals surface area contributed by atoms with Gasteiger partial charge in [0, 0.05) is 31.2 Å². The molecule has 0 amide bonds. The molecule has 0 saturated heterocycles. The predicted octanol–water partition coefficient (Wildman–Crippen LogP) is 2.48. The molecule has 90 valence electrons. The molecule has 0 atom stereocenters. The SMILES string of the molecule is Fc1cccc(CNCCNc2nccs2)c1. The summed E-state index contributed by atoms with van der Waals surface area (Å²) in [7, 11) is 0. The Balaban J connectivity index is 1.63. The third kappa shape index (κ3) is 4.13. The van der Waals surface area contributed by atoms with Crippen molar-refractivity contribution in [1.82, 2.24) is 10.3 Å². The summed E-state index contributed by atoms with van der Waals surface area (Å²) in [4.78, 5) is 4.11. The maximum atomic E-state index is 12.9. The fourth-order valence-electron chi connectivity index (χ4n) is 1.45. The van der Waals surface area contributed by atoms with Gasteiger partial charge in [0.25, 0.3) is 0 Å². The number of anilines is 1. The van der Waals surface area contributed by atoms with Gasteiger partial charge in [0.15, 0.2) is 5.13 Å². The molecule has 1 aromatic heterocycles. The van der Waals surface area contributed by atoms with Crippen LogP contribution < -0.4 is 10.6 Å². The van der Waals surface area contributed by atoms with Crippen LogP contribution in [0.25, 0.3) is 0 Å². The summed E-state index contributed by atoms with van der Waals surface area (Å²) in [5.74, 6) is -0.190. The van der Waals surface area contributed by atoms with Crippen molar-refractivity contribution in [3.63, 3.8) is 0 Å². The minimum atomic E-state index is -0.190. The van der Waals surface area contributed by atoms with E-state index in [2.05, 4.69) is 15.6 Å². The molecule has 0 unspecified atom stereocenters. The van der Waals surface area contributed by atoms with Crippen molar-refractivity contribution in [3.8, 4) is 0 Å². The highest BCUT2D eigenvalue weighted by molar-refractivity contribution is 7.13.